The zero-order valence-electron chi connectivity index (χ0n) is 9.78. The molecule has 0 aliphatic heterocycles. The van der Waals surface area contributed by atoms with E-state index in [1.165, 1.54) is 18.5 Å². The lowest BCUT2D eigenvalue weighted by molar-refractivity contribution is 0.0696. The van der Waals surface area contributed by atoms with E-state index in [1.807, 2.05) is 0 Å². The number of aryl methyl sites for hydroxylation is 2. The van der Waals surface area contributed by atoms with Gasteiger partial charge in [-0.15, -0.1) is 5.10 Å². The van der Waals surface area contributed by atoms with E-state index in [0.29, 0.717) is 11.4 Å². The van der Waals surface area contributed by atoms with Gasteiger partial charge < -0.3 is 9.84 Å². The maximum atomic E-state index is 10.8. The first kappa shape index (κ1) is 11.9. The summed E-state index contributed by atoms with van der Waals surface area (Å²) in [6.07, 6.45) is 2.61. The Bertz CT molecular complexity index is 601. The van der Waals surface area contributed by atoms with Crippen LogP contribution in [0.4, 0.5) is 0 Å². The van der Waals surface area contributed by atoms with E-state index in [4.69, 9.17) is 9.84 Å². The molecule has 2 heterocycles. The number of aromatic nitrogens is 4. The average Bonchev–Trinajstić information content (AvgIpc) is 2.34. The number of hydrogen-bond donors (Lipinski definition) is 1. The fourth-order valence-corrected chi connectivity index (χ4v) is 1.18. The molecule has 92 valence electrons. The van der Waals surface area contributed by atoms with Crippen molar-refractivity contribution in [3.05, 3.63) is 35.4 Å². The Morgan fingerprint density at radius 1 is 1.22 bits per heavy atom. The van der Waals surface area contributed by atoms with Crippen molar-refractivity contribution in [3.8, 4) is 11.8 Å². The molecule has 0 aromatic carbocycles. The number of aromatic carboxylic acids is 1. The summed E-state index contributed by atoms with van der Waals surface area (Å²) in [5.74, 6) is -0.827. The molecule has 1 N–H and O–H groups in total. The number of carboxylic acids is 1. The van der Waals surface area contributed by atoms with Gasteiger partial charge in [0.05, 0.1) is 23.1 Å². The third-order valence-electron chi connectivity index (χ3n) is 2.24. The molecule has 2 aromatic rings. The summed E-state index contributed by atoms with van der Waals surface area (Å²) in [6, 6.07) is 1.40. The second kappa shape index (κ2) is 4.74. The summed E-state index contributed by atoms with van der Waals surface area (Å²) >= 11 is 0. The Balaban J connectivity index is 2.25. The van der Waals surface area contributed by atoms with Gasteiger partial charge in [0.25, 0.3) is 0 Å². The lowest BCUT2D eigenvalue weighted by Gasteiger charge is -2.04. The van der Waals surface area contributed by atoms with Gasteiger partial charge in [-0.05, 0) is 19.9 Å². The van der Waals surface area contributed by atoms with E-state index >= 15 is 0 Å². The summed E-state index contributed by atoms with van der Waals surface area (Å²) in [7, 11) is 0. The zero-order chi connectivity index (χ0) is 13.1. The summed E-state index contributed by atoms with van der Waals surface area (Å²) in [5.41, 5.74) is 1.44. The standard InChI is InChI=1S/C11H10N4O3/c1-6-7(2)14-15-11(13-6)18-9-3-8(10(16)17)4-12-5-9/h3-5H,1-2H3,(H,16,17). The summed E-state index contributed by atoms with van der Waals surface area (Å²) < 4.78 is 5.29. The van der Waals surface area contributed by atoms with Crippen LogP contribution in [0.25, 0.3) is 0 Å². The molecule has 0 fully saturated rings. The predicted molar refractivity (Wildman–Crippen MR) is 60.6 cm³/mol. The highest BCUT2D eigenvalue weighted by atomic mass is 16.5. The van der Waals surface area contributed by atoms with Crippen molar-refractivity contribution in [1.29, 1.82) is 0 Å². The molecule has 2 aromatic heterocycles. The topological polar surface area (TPSA) is 98.1 Å². The Morgan fingerprint density at radius 2 is 2.00 bits per heavy atom. The first-order chi connectivity index (χ1) is 8.56. The van der Waals surface area contributed by atoms with E-state index in [2.05, 4.69) is 20.2 Å². The zero-order valence-corrected chi connectivity index (χ0v) is 9.78. The van der Waals surface area contributed by atoms with Crippen LogP contribution in [-0.2, 0) is 0 Å². The summed E-state index contributed by atoms with van der Waals surface area (Å²) in [4.78, 5) is 18.6. The van der Waals surface area contributed by atoms with E-state index in [0.717, 1.165) is 0 Å². The molecule has 2 rings (SSSR count). The van der Waals surface area contributed by atoms with Crippen LogP contribution in [0.5, 0.6) is 11.8 Å². The van der Waals surface area contributed by atoms with Crippen LogP contribution in [0.15, 0.2) is 18.5 Å². The van der Waals surface area contributed by atoms with Gasteiger partial charge >= 0.3 is 12.0 Å². The smallest absolute Gasteiger partial charge is 0.341 e. The Hall–Kier alpha value is -2.57. The molecule has 0 amide bonds. The summed E-state index contributed by atoms with van der Waals surface area (Å²) in [5, 5.41) is 16.4. The Kier molecular flexibility index (Phi) is 3.13. The van der Waals surface area contributed by atoms with Crippen LogP contribution in [0.2, 0.25) is 0 Å². The lowest BCUT2D eigenvalue weighted by Crippen LogP contribution is -2.01. The van der Waals surface area contributed by atoms with Crippen molar-refractivity contribution in [3.63, 3.8) is 0 Å². The monoisotopic (exact) mass is 246 g/mol. The molecular weight excluding hydrogens is 236 g/mol. The molecule has 0 aliphatic carbocycles. The second-order valence-electron chi connectivity index (χ2n) is 3.58. The number of ether oxygens (including phenoxy) is 1. The van der Waals surface area contributed by atoms with Gasteiger partial charge in [-0.2, -0.15) is 4.98 Å². The van der Waals surface area contributed by atoms with Crippen LogP contribution in [0, 0.1) is 13.8 Å². The van der Waals surface area contributed by atoms with Gasteiger partial charge in [-0.3, -0.25) is 4.98 Å². The van der Waals surface area contributed by atoms with Crippen molar-refractivity contribution in [2.75, 3.05) is 0 Å². The number of hydrogen-bond acceptors (Lipinski definition) is 6. The highest BCUT2D eigenvalue weighted by Gasteiger charge is 2.08. The van der Waals surface area contributed by atoms with Crippen molar-refractivity contribution in [1.82, 2.24) is 20.2 Å². The van der Waals surface area contributed by atoms with Gasteiger partial charge in [0, 0.05) is 6.20 Å². The van der Waals surface area contributed by atoms with E-state index in [-0.39, 0.29) is 17.3 Å². The molecule has 7 nitrogen and oxygen atoms in total. The van der Waals surface area contributed by atoms with Gasteiger partial charge in [0.1, 0.15) is 5.75 Å². The molecule has 0 radical (unpaired) electrons. The van der Waals surface area contributed by atoms with Crippen LogP contribution in [0.3, 0.4) is 0 Å². The van der Waals surface area contributed by atoms with Crippen LogP contribution < -0.4 is 4.74 Å². The molecule has 0 unspecified atom stereocenters. The molecule has 0 saturated heterocycles. The third-order valence-corrected chi connectivity index (χ3v) is 2.24. The van der Waals surface area contributed by atoms with Crippen LogP contribution in [-0.4, -0.2) is 31.2 Å². The number of pyridine rings is 1. The van der Waals surface area contributed by atoms with E-state index < -0.39 is 5.97 Å². The normalized spacial score (nSPS) is 10.1. The first-order valence-corrected chi connectivity index (χ1v) is 5.10. The minimum atomic E-state index is -1.08. The Morgan fingerprint density at radius 3 is 2.67 bits per heavy atom. The lowest BCUT2D eigenvalue weighted by atomic mass is 10.3. The SMILES string of the molecule is Cc1nnc(Oc2cncc(C(=O)O)c2)nc1C. The van der Waals surface area contributed by atoms with Crippen molar-refractivity contribution >= 4 is 5.97 Å². The largest absolute Gasteiger partial charge is 0.478 e. The highest BCUT2D eigenvalue weighted by Crippen LogP contribution is 2.17. The molecule has 0 atom stereocenters. The third kappa shape index (κ3) is 2.57. The fourth-order valence-electron chi connectivity index (χ4n) is 1.18. The van der Waals surface area contributed by atoms with E-state index in [1.54, 1.807) is 13.8 Å². The maximum absolute atomic E-state index is 10.8. The predicted octanol–water partition coefficient (Wildman–Crippen LogP) is 1.37. The van der Waals surface area contributed by atoms with Crippen LogP contribution in [0.1, 0.15) is 21.7 Å². The molecule has 0 bridgehead atoms. The maximum Gasteiger partial charge on any atom is 0.341 e. The molecule has 0 spiro atoms. The van der Waals surface area contributed by atoms with Crippen molar-refractivity contribution in [2.24, 2.45) is 0 Å². The quantitative estimate of drug-likeness (QED) is 0.873. The minimum absolute atomic E-state index is 0.0318. The van der Waals surface area contributed by atoms with Gasteiger partial charge in [0.15, 0.2) is 0 Å². The molecule has 0 aliphatic rings. The average molecular weight is 246 g/mol. The molecule has 0 saturated carbocycles. The van der Waals surface area contributed by atoms with Gasteiger partial charge in [-0.1, -0.05) is 5.10 Å². The number of nitrogens with zero attached hydrogens (tertiary/aromatic N) is 4. The van der Waals surface area contributed by atoms with Crippen molar-refractivity contribution < 1.29 is 14.6 Å². The Labute approximate surface area is 102 Å². The first-order valence-electron chi connectivity index (χ1n) is 5.10. The van der Waals surface area contributed by atoms with Gasteiger partial charge in [0.2, 0.25) is 0 Å². The number of carboxylic acid groups (broad SMARTS) is 1. The van der Waals surface area contributed by atoms with E-state index in [9.17, 15) is 4.79 Å². The number of carbonyl (C=O) groups is 1. The summed E-state index contributed by atoms with van der Waals surface area (Å²) in [6.45, 7) is 3.56. The fraction of sp³-hybridized carbons (Fsp3) is 0.182. The number of rotatable bonds is 3. The highest BCUT2D eigenvalue weighted by molar-refractivity contribution is 5.87. The molecule has 18 heavy (non-hydrogen) atoms. The second-order valence-corrected chi connectivity index (χ2v) is 3.58. The van der Waals surface area contributed by atoms with Crippen molar-refractivity contribution in [2.45, 2.75) is 13.8 Å². The van der Waals surface area contributed by atoms with Crippen LogP contribution >= 0.6 is 0 Å². The minimum Gasteiger partial charge on any atom is -0.478 e. The van der Waals surface area contributed by atoms with Gasteiger partial charge in [-0.25, -0.2) is 4.79 Å². The molecule has 7 heteroatoms. The molecular formula is C11H10N4O3.